The molecule has 0 bridgehead atoms. The second-order valence-electron chi connectivity index (χ2n) is 5.39. The molecule has 0 aromatic heterocycles. The number of aromatic carboxylic acids is 1. The number of aliphatic hydroxyl groups is 1. The lowest BCUT2D eigenvalue weighted by atomic mass is 9.95. The number of rotatable bonds is 3. The minimum absolute atomic E-state index is 0.203. The van der Waals surface area contributed by atoms with Crippen LogP contribution >= 0.6 is 0 Å². The average molecular weight is 249 g/mol. The summed E-state index contributed by atoms with van der Waals surface area (Å²) in [6, 6.07) is 7.03. The first-order valence-electron chi connectivity index (χ1n) is 6.16. The summed E-state index contributed by atoms with van der Waals surface area (Å²) in [5.74, 6) is -0.695. The van der Waals surface area contributed by atoms with Crippen molar-refractivity contribution in [2.75, 3.05) is 13.1 Å². The SMILES string of the molecule is C[C@H]1CN(Cc2ccccc2C(=O)O)C[C@@]1(C)O. The maximum atomic E-state index is 11.1. The van der Waals surface area contributed by atoms with Crippen molar-refractivity contribution in [2.45, 2.75) is 26.0 Å². The van der Waals surface area contributed by atoms with Gasteiger partial charge >= 0.3 is 5.97 Å². The van der Waals surface area contributed by atoms with Gasteiger partial charge in [0.05, 0.1) is 11.2 Å². The molecule has 2 atom stereocenters. The summed E-state index contributed by atoms with van der Waals surface area (Å²) in [5, 5.41) is 19.3. The Morgan fingerprint density at radius 3 is 2.72 bits per heavy atom. The van der Waals surface area contributed by atoms with Gasteiger partial charge in [-0.2, -0.15) is 0 Å². The molecule has 1 heterocycles. The molecule has 98 valence electrons. The van der Waals surface area contributed by atoms with E-state index in [1.807, 2.05) is 26.0 Å². The van der Waals surface area contributed by atoms with Gasteiger partial charge in [0, 0.05) is 19.6 Å². The summed E-state index contributed by atoms with van der Waals surface area (Å²) in [6.07, 6.45) is 0. The zero-order valence-electron chi connectivity index (χ0n) is 10.8. The average Bonchev–Trinajstić information content (AvgIpc) is 2.52. The van der Waals surface area contributed by atoms with Gasteiger partial charge in [0.25, 0.3) is 0 Å². The Kier molecular flexibility index (Phi) is 3.41. The maximum Gasteiger partial charge on any atom is 0.336 e. The zero-order chi connectivity index (χ0) is 13.3. The normalized spacial score (nSPS) is 28.5. The molecule has 1 aliphatic heterocycles. The van der Waals surface area contributed by atoms with E-state index in [1.54, 1.807) is 12.1 Å². The van der Waals surface area contributed by atoms with Gasteiger partial charge < -0.3 is 10.2 Å². The van der Waals surface area contributed by atoms with E-state index in [4.69, 9.17) is 5.11 Å². The number of hydrogen-bond acceptors (Lipinski definition) is 3. The van der Waals surface area contributed by atoms with Crippen LogP contribution in [0.1, 0.15) is 29.8 Å². The first-order chi connectivity index (χ1) is 8.40. The van der Waals surface area contributed by atoms with Crippen LogP contribution in [0, 0.1) is 5.92 Å². The van der Waals surface area contributed by atoms with Gasteiger partial charge in [-0.15, -0.1) is 0 Å². The van der Waals surface area contributed by atoms with E-state index in [9.17, 15) is 9.90 Å². The van der Waals surface area contributed by atoms with E-state index in [2.05, 4.69) is 4.90 Å². The van der Waals surface area contributed by atoms with Gasteiger partial charge in [0.15, 0.2) is 0 Å². The van der Waals surface area contributed by atoms with Crippen molar-refractivity contribution < 1.29 is 15.0 Å². The standard InChI is InChI=1S/C14H19NO3/c1-10-7-15(9-14(10,2)18)8-11-5-3-4-6-12(11)13(16)17/h3-6,10,18H,7-9H2,1-2H3,(H,16,17)/t10-,14+/m0/s1. The Hall–Kier alpha value is -1.39. The molecule has 1 aliphatic rings. The molecule has 1 aromatic rings. The predicted octanol–water partition coefficient (Wildman–Crippen LogP) is 1.59. The highest BCUT2D eigenvalue weighted by atomic mass is 16.4. The van der Waals surface area contributed by atoms with Gasteiger partial charge in [-0.3, -0.25) is 4.90 Å². The quantitative estimate of drug-likeness (QED) is 0.854. The number of carboxylic acids is 1. The molecule has 4 nitrogen and oxygen atoms in total. The van der Waals surface area contributed by atoms with Gasteiger partial charge in [0.2, 0.25) is 0 Å². The number of carbonyl (C=O) groups is 1. The van der Waals surface area contributed by atoms with Crippen molar-refractivity contribution in [3.8, 4) is 0 Å². The molecule has 0 unspecified atom stereocenters. The molecule has 1 aromatic carbocycles. The fourth-order valence-corrected chi connectivity index (χ4v) is 2.49. The van der Waals surface area contributed by atoms with Crippen LogP contribution in [0.5, 0.6) is 0 Å². The van der Waals surface area contributed by atoms with Crippen molar-refractivity contribution in [1.29, 1.82) is 0 Å². The van der Waals surface area contributed by atoms with E-state index < -0.39 is 11.6 Å². The van der Waals surface area contributed by atoms with Crippen LogP contribution in [0.25, 0.3) is 0 Å². The van der Waals surface area contributed by atoms with E-state index in [1.165, 1.54) is 0 Å². The number of β-amino-alcohol motifs (C(OH)–C–C–N with tert-alkyl or cyclic N) is 1. The van der Waals surface area contributed by atoms with Crippen LogP contribution in [-0.2, 0) is 6.54 Å². The molecule has 2 N–H and O–H groups in total. The monoisotopic (exact) mass is 249 g/mol. The second-order valence-corrected chi connectivity index (χ2v) is 5.39. The van der Waals surface area contributed by atoms with Crippen LogP contribution < -0.4 is 0 Å². The number of carboxylic acid groups (broad SMARTS) is 1. The summed E-state index contributed by atoms with van der Waals surface area (Å²) < 4.78 is 0. The van der Waals surface area contributed by atoms with Crippen molar-refractivity contribution in [1.82, 2.24) is 4.90 Å². The summed E-state index contributed by atoms with van der Waals surface area (Å²) in [5.41, 5.74) is 0.463. The van der Waals surface area contributed by atoms with E-state index >= 15 is 0 Å². The molecular formula is C14H19NO3. The molecule has 1 fully saturated rings. The topological polar surface area (TPSA) is 60.8 Å². The molecule has 0 saturated carbocycles. The highest BCUT2D eigenvalue weighted by Crippen LogP contribution is 2.28. The molecule has 18 heavy (non-hydrogen) atoms. The Balaban J connectivity index is 2.14. The van der Waals surface area contributed by atoms with Crippen molar-refractivity contribution >= 4 is 5.97 Å². The van der Waals surface area contributed by atoms with E-state index in [0.29, 0.717) is 18.7 Å². The Bertz CT molecular complexity index is 456. The van der Waals surface area contributed by atoms with Crippen LogP contribution in [0.2, 0.25) is 0 Å². The summed E-state index contributed by atoms with van der Waals surface area (Å²) in [7, 11) is 0. The van der Waals surface area contributed by atoms with Crippen LogP contribution in [-0.4, -0.2) is 39.8 Å². The van der Waals surface area contributed by atoms with Crippen molar-refractivity contribution in [3.05, 3.63) is 35.4 Å². The fourth-order valence-electron chi connectivity index (χ4n) is 2.49. The highest BCUT2D eigenvalue weighted by molar-refractivity contribution is 5.89. The molecule has 0 aliphatic carbocycles. The number of benzene rings is 1. The van der Waals surface area contributed by atoms with Crippen LogP contribution in [0.4, 0.5) is 0 Å². The smallest absolute Gasteiger partial charge is 0.336 e. The lowest BCUT2D eigenvalue weighted by Crippen LogP contribution is -2.33. The Morgan fingerprint density at radius 1 is 1.50 bits per heavy atom. The van der Waals surface area contributed by atoms with Gasteiger partial charge in [-0.25, -0.2) is 4.79 Å². The molecule has 2 rings (SSSR count). The Morgan fingerprint density at radius 2 is 2.17 bits per heavy atom. The fraction of sp³-hybridized carbons (Fsp3) is 0.500. The third kappa shape index (κ3) is 2.54. The summed E-state index contributed by atoms with van der Waals surface area (Å²) >= 11 is 0. The Labute approximate surface area is 107 Å². The molecule has 0 spiro atoms. The highest BCUT2D eigenvalue weighted by Gasteiger charge is 2.38. The summed E-state index contributed by atoms with van der Waals surface area (Å²) in [6.45, 7) is 5.80. The number of hydrogen-bond donors (Lipinski definition) is 2. The minimum Gasteiger partial charge on any atom is -0.478 e. The summed E-state index contributed by atoms with van der Waals surface area (Å²) in [4.78, 5) is 13.2. The lowest BCUT2D eigenvalue weighted by molar-refractivity contribution is 0.0364. The van der Waals surface area contributed by atoms with Crippen molar-refractivity contribution in [2.24, 2.45) is 5.92 Å². The zero-order valence-corrected chi connectivity index (χ0v) is 10.8. The van der Waals surface area contributed by atoms with Gasteiger partial charge in [0.1, 0.15) is 0 Å². The van der Waals surface area contributed by atoms with Gasteiger partial charge in [-0.1, -0.05) is 25.1 Å². The predicted molar refractivity (Wildman–Crippen MR) is 68.5 cm³/mol. The van der Waals surface area contributed by atoms with E-state index in [0.717, 1.165) is 12.1 Å². The molecular weight excluding hydrogens is 230 g/mol. The third-order valence-corrected chi connectivity index (χ3v) is 3.78. The van der Waals surface area contributed by atoms with Gasteiger partial charge in [-0.05, 0) is 24.5 Å². The number of likely N-dealkylation sites (tertiary alicyclic amines) is 1. The molecule has 0 amide bonds. The first-order valence-corrected chi connectivity index (χ1v) is 6.16. The third-order valence-electron chi connectivity index (χ3n) is 3.78. The number of nitrogens with zero attached hydrogens (tertiary/aromatic N) is 1. The van der Waals surface area contributed by atoms with Crippen LogP contribution in [0.15, 0.2) is 24.3 Å². The lowest BCUT2D eigenvalue weighted by Gasteiger charge is -2.21. The minimum atomic E-state index is -0.899. The molecule has 4 heteroatoms. The van der Waals surface area contributed by atoms with Crippen LogP contribution in [0.3, 0.4) is 0 Å². The largest absolute Gasteiger partial charge is 0.478 e. The first kappa shape index (κ1) is 13.1. The van der Waals surface area contributed by atoms with E-state index in [-0.39, 0.29) is 5.92 Å². The molecule has 0 radical (unpaired) electrons. The maximum absolute atomic E-state index is 11.1. The second kappa shape index (κ2) is 4.71. The molecule has 1 saturated heterocycles. The van der Waals surface area contributed by atoms with Crippen molar-refractivity contribution in [3.63, 3.8) is 0 Å².